The predicted molar refractivity (Wildman–Crippen MR) is 88.8 cm³/mol. The molecular formula is C17H23N3O4. The predicted octanol–water partition coefficient (Wildman–Crippen LogP) is 1.49. The van der Waals surface area contributed by atoms with Gasteiger partial charge in [0.15, 0.2) is 0 Å². The third kappa shape index (κ3) is 3.79. The van der Waals surface area contributed by atoms with Crippen LogP contribution in [0.2, 0.25) is 0 Å². The molecular weight excluding hydrogens is 310 g/mol. The fourth-order valence-corrected chi connectivity index (χ4v) is 3.10. The van der Waals surface area contributed by atoms with Gasteiger partial charge in [-0.05, 0) is 25.0 Å². The lowest BCUT2D eigenvalue weighted by atomic mass is 9.96. The van der Waals surface area contributed by atoms with E-state index in [1.807, 2.05) is 9.80 Å². The Labute approximate surface area is 141 Å². The van der Waals surface area contributed by atoms with E-state index >= 15 is 0 Å². The van der Waals surface area contributed by atoms with E-state index in [4.69, 9.17) is 4.74 Å². The topological polar surface area (TPSA) is 82.1 Å². The molecule has 3 amide bonds. The molecule has 0 atom stereocenters. The zero-order chi connectivity index (χ0) is 16.9. The molecule has 0 radical (unpaired) electrons. The van der Waals surface area contributed by atoms with Crippen LogP contribution in [0, 0.1) is 5.92 Å². The van der Waals surface area contributed by atoms with Gasteiger partial charge in [0.2, 0.25) is 5.91 Å². The highest BCUT2D eigenvalue weighted by Gasteiger charge is 2.30. The van der Waals surface area contributed by atoms with Gasteiger partial charge in [0.1, 0.15) is 5.75 Å². The summed E-state index contributed by atoms with van der Waals surface area (Å²) in [7, 11) is 0. The van der Waals surface area contributed by atoms with Crippen molar-refractivity contribution in [3.63, 3.8) is 0 Å². The first-order valence-corrected chi connectivity index (χ1v) is 8.35. The van der Waals surface area contributed by atoms with Crippen molar-refractivity contribution in [2.75, 3.05) is 44.7 Å². The SMILES string of the molecule is O=C(Nc1ccccc1O)C1CCN(C(=O)N2CCOCC2)CC1. The number of hydrogen-bond acceptors (Lipinski definition) is 4. The largest absolute Gasteiger partial charge is 0.506 e. The van der Waals surface area contributed by atoms with E-state index in [0.29, 0.717) is 57.9 Å². The molecule has 0 aliphatic carbocycles. The van der Waals surface area contributed by atoms with Gasteiger partial charge in [0.05, 0.1) is 18.9 Å². The fourth-order valence-electron chi connectivity index (χ4n) is 3.10. The highest BCUT2D eigenvalue weighted by atomic mass is 16.5. The molecule has 2 N–H and O–H groups in total. The van der Waals surface area contributed by atoms with Gasteiger partial charge in [-0.3, -0.25) is 4.79 Å². The van der Waals surface area contributed by atoms with Crippen molar-refractivity contribution in [1.82, 2.24) is 9.80 Å². The molecule has 24 heavy (non-hydrogen) atoms. The number of amides is 3. The molecule has 0 saturated carbocycles. The number of nitrogens with one attached hydrogen (secondary N) is 1. The summed E-state index contributed by atoms with van der Waals surface area (Å²) in [6.07, 6.45) is 1.27. The fraction of sp³-hybridized carbons (Fsp3) is 0.529. The van der Waals surface area contributed by atoms with Crippen molar-refractivity contribution in [3.8, 4) is 5.75 Å². The average molecular weight is 333 g/mol. The number of likely N-dealkylation sites (tertiary alicyclic amines) is 1. The number of para-hydroxylation sites is 2. The quantitative estimate of drug-likeness (QED) is 0.804. The van der Waals surface area contributed by atoms with Crippen molar-refractivity contribution < 1.29 is 19.4 Å². The summed E-state index contributed by atoms with van der Waals surface area (Å²) in [5.41, 5.74) is 0.425. The first kappa shape index (κ1) is 16.6. The van der Waals surface area contributed by atoms with Gasteiger partial charge in [-0.2, -0.15) is 0 Å². The van der Waals surface area contributed by atoms with Gasteiger partial charge in [-0.15, -0.1) is 0 Å². The van der Waals surface area contributed by atoms with Crippen molar-refractivity contribution in [3.05, 3.63) is 24.3 Å². The molecule has 7 heteroatoms. The van der Waals surface area contributed by atoms with Gasteiger partial charge in [-0.1, -0.05) is 12.1 Å². The number of rotatable bonds is 2. The Bertz CT molecular complexity index is 593. The van der Waals surface area contributed by atoms with Crippen LogP contribution >= 0.6 is 0 Å². The number of anilines is 1. The summed E-state index contributed by atoms with van der Waals surface area (Å²) in [5, 5.41) is 12.5. The lowest BCUT2D eigenvalue weighted by Crippen LogP contribution is -2.51. The summed E-state index contributed by atoms with van der Waals surface area (Å²) in [4.78, 5) is 28.4. The number of nitrogens with zero attached hydrogens (tertiary/aromatic N) is 2. The highest BCUT2D eigenvalue weighted by molar-refractivity contribution is 5.94. The minimum absolute atomic E-state index is 0.0397. The molecule has 2 aliphatic heterocycles. The molecule has 0 bridgehead atoms. The molecule has 1 aromatic carbocycles. The van der Waals surface area contributed by atoms with Crippen LogP contribution in [0.1, 0.15) is 12.8 Å². The molecule has 0 spiro atoms. The average Bonchev–Trinajstić information content (AvgIpc) is 2.64. The molecule has 1 aromatic rings. The van der Waals surface area contributed by atoms with E-state index < -0.39 is 0 Å². The Balaban J connectivity index is 1.50. The van der Waals surface area contributed by atoms with Gasteiger partial charge < -0.3 is 25.0 Å². The molecule has 0 aromatic heterocycles. The number of benzene rings is 1. The Kier molecular flexibility index (Phi) is 5.20. The first-order valence-electron chi connectivity index (χ1n) is 8.35. The maximum absolute atomic E-state index is 12.4. The number of phenols is 1. The monoisotopic (exact) mass is 333 g/mol. The molecule has 2 heterocycles. The van der Waals surface area contributed by atoms with Crippen molar-refractivity contribution in [2.24, 2.45) is 5.92 Å². The zero-order valence-electron chi connectivity index (χ0n) is 13.6. The molecule has 2 aliphatic rings. The van der Waals surface area contributed by atoms with Crippen LogP contribution in [-0.4, -0.2) is 66.2 Å². The van der Waals surface area contributed by atoms with E-state index in [0.717, 1.165) is 0 Å². The second-order valence-corrected chi connectivity index (χ2v) is 6.15. The van der Waals surface area contributed by atoms with Crippen molar-refractivity contribution in [2.45, 2.75) is 12.8 Å². The van der Waals surface area contributed by atoms with Crippen LogP contribution in [0.3, 0.4) is 0 Å². The maximum atomic E-state index is 12.4. The lowest BCUT2D eigenvalue weighted by Gasteiger charge is -2.36. The molecule has 3 rings (SSSR count). The third-order valence-corrected chi connectivity index (χ3v) is 4.58. The molecule has 7 nitrogen and oxygen atoms in total. The zero-order valence-corrected chi connectivity index (χ0v) is 13.6. The standard InChI is InChI=1S/C17H23N3O4/c21-15-4-2-1-3-14(15)18-16(22)13-5-7-19(8-6-13)17(23)20-9-11-24-12-10-20/h1-4,13,21H,5-12H2,(H,18,22). The summed E-state index contributed by atoms with van der Waals surface area (Å²) >= 11 is 0. The second kappa shape index (κ2) is 7.53. The summed E-state index contributed by atoms with van der Waals surface area (Å²) in [6, 6.07) is 6.72. The van der Waals surface area contributed by atoms with Crippen LogP contribution in [0.25, 0.3) is 0 Å². The first-order chi connectivity index (χ1) is 11.6. The Morgan fingerprint density at radius 1 is 1.04 bits per heavy atom. The minimum atomic E-state index is -0.140. The minimum Gasteiger partial charge on any atom is -0.506 e. The number of phenolic OH excluding ortho intramolecular Hbond substituents is 1. The smallest absolute Gasteiger partial charge is 0.320 e. The highest BCUT2D eigenvalue weighted by Crippen LogP contribution is 2.25. The van der Waals surface area contributed by atoms with Crippen molar-refractivity contribution >= 4 is 17.6 Å². The van der Waals surface area contributed by atoms with Crippen LogP contribution in [0.15, 0.2) is 24.3 Å². The van der Waals surface area contributed by atoms with Crippen LogP contribution < -0.4 is 5.32 Å². The Morgan fingerprint density at radius 3 is 2.33 bits per heavy atom. The van der Waals surface area contributed by atoms with E-state index in [1.54, 1.807) is 24.3 Å². The van der Waals surface area contributed by atoms with E-state index in [1.165, 1.54) is 0 Å². The van der Waals surface area contributed by atoms with E-state index in [-0.39, 0.29) is 23.6 Å². The second-order valence-electron chi connectivity index (χ2n) is 6.15. The molecule has 130 valence electrons. The van der Waals surface area contributed by atoms with Gasteiger partial charge in [0, 0.05) is 32.1 Å². The molecule has 2 fully saturated rings. The summed E-state index contributed by atoms with van der Waals surface area (Å²) in [6.45, 7) is 3.60. The van der Waals surface area contributed by atoms with Gasteiger partial charge >= 0.3 is 6.03 Å². The maximum Gasteiger partial charge on any atom is 0.320 e. The van der Waals surface area contributed by atoms with Crippen molar-refractivity contribution in [1.29, 1.82) is 0 Å². The number of piperidine rings is 1. The third-order valence-electron chi connectivity index (χ3n) is 4.58. The normalized spacial score (nSPS) is 19.2. The Morgan fingerprint density at radius 2 is 1.67 bits per heavy atom. The van der Waals surface area contributed by atoms with Crippen LogP contribution in [0.4, 0.5) is 10.5 Å². The van der Waals surface area contributed by atoms with E-state index in [9.17, 15) is 14.7 Å². The van der Waals surface area contributed by atoms with Gasteiger partial charge in [-0.25, -0.2) is 4.79 Å². The number of morpholine rings is 1. The molecule has 0 unspecified atom stereocenters. The summed E-state index contributed by atoms with van der Waals surface area (Å²) in [5.74, 6) is -0.181. The van der Waals surface area contributed by atoms with Gasteiger partial charge in [0.25, 0.3) is 0 Å². The van der Waals surface area contributed by atoms with Crippen LogP contribution in [0.5, 0.6) is 5.75 Å². The summed E-state index contributed by atoms with van der Waals surface area (Å²) < 4.78 is 5.27. The van der Waals surface area contributed by atoms with Crippen LogP contribution in [-0.2, 0) is 9.53 Å². The Hall–Kier alpha value is -2.28. The number of ether oxygens (including phenoxy) is 1. The number of carbonyl (C=O) groups excluding carboxylic acids is 2. The lowest BCUT2D eigenvalue weighted by molar-refractivity contribution is -0.121. The van der Waals surface area contributed by atoms with E-state index in [2.05, 4.69) is 5.32 Å². The molecule has 2 saturated heterocycles. The number of carbonyl (C=O) groups is 2. The number of hydrogen-bond donors (Lipinski definition) is 2. The number of urea groups is 1. The number of aromatic hydroxyl groups is 1.